The van der Waals surface area contributed by atoms with Gasteiger partial charge in [0.1, 0.15) is 0 Å². The highest BCUT2D eigenvalue weighted by Gasteiger charge is 2.51. The van der Waals surface area contributed by atoms with E-state index >= 15 is 0 Å². The zero-order valence-electron chi connectivity index (χ0n) is 12.6. The molecule has 1 rings (SSSR count). The first-order valence-electron chi connectivity index (χ1n) is 6.77. The predicted octanol–water partition coefficient (Wildman–Crippen LogP) is 1.91. The van der Waals surface area contributed by atoms with Gasteiger partial charge in [-0.15, -0.1) is 0 Å². The lowest BCUT2D eigenvalue weighted by molar-refractivity contribution is -0.168. The molecule has 0 fully saturated rings. The van der Waals surface area contributed by atoms with E-state index in [2.05, 4.69) is 21.2 Å². The molecule has 0 atom stereocenters. The standard InChI is InChI=1S/C15H18BrNO5/c1-4-21-13(19)15(17-10(3)18,14(20)22-5-2)11-7-6-8-12(16)9-11/h6-9H,4-5H2,1-3H3,(H,17,18). The summed E-state index contributed by atoms with van der Waals surface area (Å²) in [6.45, 7) is 4.57. The summed E-state index contributed by atoms with van der Waals surface area (Å²) in [6.07, 6.45) is 0. The highest BCUT2D eigenvalue weighted by Crippen LogP contribution is 2.28. The van der Waals surface area contributed by atoms with Crippen LogP contribution in [-0.4, -0.2) is 31.1 Å². The highest BCUT2D eigenvalue weighted by molar-refractivity contribution is 9.10. The van der Waals surface area contributed by atoms with E-state index in [1.165, 1.54) is 6.92 Å². The van der Waals surface area contributed by atoms with E-state index in [9.17, 15) is 14.4 Å². The molecular weight excluding hydrogens is 354 g/mol. The fourth-order valence-corrected chi connectivity index (χ4v) is 2.36. The molecule has 0 heterocycles. The summed E-state index contributed by atoms with van der Waals surface area (Å²) in [5.41, 5.74) is -1.77. The van der Waals surface area contributed by atoms with Crippen LogP contribution in [0.1, 0.15) is 26.3 Å². The molecule has 1 N–H and O–H groups in total. The van der Waals surface area contributed by atoms with E-state index in [4.69, 9.17) is 9.47 Å². The number of amides is 1. The van der Waals surface area contributed by atoms with Crippen molar-refractivity contribution in [3.8, 4) is 0 Å². The number of hydrogen-bond donors (Lipinski definition) is 1. The number of benzene rings is 1. The second-order valence-corrected chi connectivity index (χ2v) is 5.30. The lowest BCUT2D eigenvalue weighted by atomic mass is 9.89. The number of ether oxygens (including phenoxy) is 2. The smallest absolute Gasteiger partial charge is 0.348 e. The summed E-state index contributed by atoms with van der Waals surface area (Å²) in [7, 11) is 0. The molecule has 0 saturated carbocycles. The summed E-state index contributed by atoms with van der Waals surface area (Å²) >= 11 is 3.28. The molecule has 0 unspecified atom stereocenters. The molecule has 0 aliphatic carbocycles. The van der Waals surface area contributed by atoms with E-state index in [1.54, 1.807) is 38.1 Å². The Balaban J connectivity index is 3.52. The maximum absolute atomic E-state index is 12.5. The first-order valence-corrected chi connectivity index (χ1v) is 7.57. The third-order valence-electron chi connectivity index (χ3n) is 2.78. The molecule has 1 aromatic rings. The van der Waals surface area contributed by atoms with E-state index in [-0.39, 0.29) is 18.8 Å². The van der Waals surface area contributed by atoms with Crippen molar-refractivity contribution < 1.29 is 23.9 Å². The number of esters is 2. The summed E-state index contributed by atoms with van der Waals surface area (Å²) in [6, 6.07) is 6.49. The fourth-order valence-electron chi connectivity index (χ4n) is 1.96. The number of carbonyl (C=O) groups is 3. The maximum Gasteiger partial charge on any atom is 0.348 e. The van der Waals surface area contributed by atoms with Crippen LogP contribution < -0.4 is 5.32 Å². The topological polar surface area (TPSA) is 81.7 Å². The van der Waals surface area contributed by atoms with Crippen LogP contribution in [0.25, 0.3) is 0 Å². The lowest BCUT2D eigenvalue weighted by Gasteiger charge is -2.30. The molecule has 0 spiro atoms. The summed E-state index contributed by atoms with van der Waals surface area (Å²) in [5.74, 6) is -2.33. The Kier molecular flexibility index (Phi) is 6.55. The zero-order valence-corrected chi connectivity index (χ0v) is 14.2. The van der Waals surface area contributed by atoms with E-state index in [1.807, 2.05) is 0 Å². The van der Waals surface area contributed by atoms with Crippen molar-refractivity contribution in [3.05, 3.63) is 34.3 Å². The van der Waals surface area contributed by atoms with Crippen molar-refractivity contribution in [1.29, 1.82) is 0 Å². The van der Waals surface area contributed by atoms with Crippen LogP contribution in [0.3, 0.4) is 0 Å². The number of rotatable bonds is 6. The zero-order chi connectivity index (χ0) is 16.8. The van der Waals surface area contributed by atoms with Crippen LogP contribution in [0.5, 0.6) is 0 Å². The molecule has 0 aliphatic heterocycles. The first-order chi connectivity index (χ1) is 10.4. The van der Waals surface area contributed by atoms with Gasteiger partial charge in [0.05, 0.1) is 13.2 Å². The van der Waals surface area contributed by atoms with Crippen molar-refractivity contribution in [2.75, 3.05) is 13.2 Å². The van der Waals surface area contributed by atoms with Gasteiger partial charge in [-0.3, -0.25) is 4.79 Å². The van der Waals surface area contributed by atoms with Gasteiger partial charge in [0.15, 0.2) is 0 Å². The van der Waals surface area contributed by atoms with Gasteiger partial charge < -0.3 is 14.8 Å². The molecule has 120 valence electrons. The van der Waals surface area contributed by atoms with E-state index in [0.717, 1.165) is 0 Å². The Labute approximate surface area is 137 Å². The van der Waals surface area contributed by atoms with Crippen molar-refractivity contribution in [2.45, 2.75) is 26.3 Å². The molecule has 0 saturated heterocycles. The molecule has 22 heavy (non-hydrogen) atoms. The van der Waals surface area contributed by atoms with Gasteiger partial charge in [-0.05, 0) is 26.0 Å². The minimum atomic E-state index is -2.03. The quantitative estimate of drug-likeness (QED) is 0.610. The Morgan fingerprint density at radius 2 is 1.68 bits per heavy atom. The fraction of sp³-hybridized carbons (Fsp3) is 0.400. The molecule has 1 amide bonds. The van der Waals surface area contributed by atoms with Gasteiger partial charge in [-0.2, -0.15) is 0 Å². The van der Waals surface area contributed by atoms with Crippen LogP contribution in [0.2, 0.25) is 0 Å². The number of halogens is 1. The lowest BCUT2D eigenvalue weighted by Crippen LogP contribution is -2.58. The second-order valence-electron chi connectivity index (χ2n) is 4.38. The Bertz CT molecular complexity index is 555. The molecule has 0 radical (unpaired) electrons. The van der Waals surface area contributed by atoms with Gasteiger partial charge in [0, 0.05) is 17.0 Å². The minimum Gasteiger partial charge on any atom is -0.464 e. The van der Waals surface area contributed by atoms with Crippen LogP contribution in [0.4, 0.5) is 0 Å². The SMILES string of the molecule is CCOC(=O)C(NC(C)=O)(C(=O)OCC)c1cccc(Br)c1. The van der Waals surface area contributed by atoms with Crippen molar-refractivity contribution in [1.82, 2.24) is 5.32 Å². The van der Waals surface area contributed by atoms with Crippen molar-refractivity contribution in [2.24, 2.45) is 0 Å². The van der Waals surface area contributed by atoms with Gasteiger partial charge in [-0.25, -0.2) is 9.59 Å². The first kappa shape index (κ1) is 18.2. The van der Waals surface area contributed by atoms with Crippen LogP contribution in [0.15, 0.2) is 28.7 Å². The monoisotopic (exact) mass is 371 g/mol. The summed E-state index contributed by atoms with van der Waals surface area (Å²) < 4.78 is 10.6. The average Bonchev–Trinajstić information content (AvgIpc) is 2.44. The van der Waals surface area contributed by atoms with Gasteiger partial charge >= 0.3 is 11.9 Å². The summed E-state index contributed by atoms with van der Waals surface area (Å²) in [5, 5.41) is 2.40. The van der Waals surface area contributed by atoms with Gasteiger partial charge in [-0.1, -0.05) is 28.1 Å². The van der Waals surface area contributed by atoms with Crippen LogP contribution in [0, 0.1) is 0 Å². The molecule has 0 aromatic heterocycles. The Morgan fingerprint density at radius 1 is 1.14 bits per heavy atom. The Hall–Kier alpha value is -1.89. The largest absolute Gasteiger partial charge is 0.464 e. The highest BCUT2D eigenvalue weighted by atomic mass is 79.9. The van der Waals surface area contributed by atoms with Crippen LogP contribution >= 0.6 is 15.9 Å². The van der Waals surface area contributed by atoms with E-state index in [0.29, 0.717) is 4.47 Å². The minimum absolute atomic E-state index is 0.0631. The number of carbonyl (C=O) groups excluding carboxylic acids is 3. The molecule has 7 heteroatoms. The average molecular weight is 372 g/mol. The van der Waals surface area contributed by atoms with Crippen LogP contribution in [-0.2, 0) is 29.4 Å². The third kappa shape index (κ3) is 3.85. The molecule has 0 aliphatic rings. The number of hydrogen-bond acceptors (Lipinski definition) is 5. The predicted molar refractivity (Wildman–Crippen MR) is 82.9 cm³/mol. The molecule has 1 aromatic carbocycles. The summed E-state index contributed by atoms with van der Waals surface area (Å²) in [4.78, 5) is 36.5. The molecular formula is C15H18BrNO5. The number of nitrogens with one attached hydrogen (secondary N) is 1. The van der Waals surface area contributed by atoms with Gasteiger partial charge in [0.25, 0.3) is 5.54 Å². The van der Waals surface area contributed by atoms with Gasteiger partial charge in [0.2, 0.25) is 5.91 Å². The third-order valence-corrected chi connectivity index (χ3v) is 3.28. The normalized spacial score (nSPS) is 10.7. The molecule has 0 bridgehead atoms. The molecule has 6 nitrogen and oxygen atoms in total. The second kappa shape index (κ2) is 7.93. The Morgan fingerprint density at radius 3 is 2.09 bits per heavy atom. The van der Waals surface area contributed by atoms with Crippen molar-refractivity contribution in [3.63, 3.8) is 0 Å². The maximum atomic E-state index is 12.5. The van der Waals surface area contributed by atoms with E-state index < -0.39 is 23.4 Å². The van der Waals surface area contributed by atoms with Crippen molar-refractivity contribution >= 4 is 33.8 Å².